The summed E-state index contributed by atoms with van der Waals surface area (Å²) in [6.45, 7) is -0.0777. The van der Waals surface area contributed by atoms with Gasteiger partial charge in [0.05, 0.1) is 24.1 Å². The SMILES string of the molecule is O=c1n(Cc2c(F)cccc2Cl)c2ccccc2n1Cc1c(F)cccc1Cl. The van der Waals surface area contributed by atoms with Gasteiger partial charge >= 0.3 is 5.69 Å². The summed E-state index contributed by atoms with van der Waals surface area (Å²) in [5.74, 6) is -0.984. The number of hydrogen-bond acceptors (Lipinski definition) is 1. The van der Waals surface area contributed by atoms with E-state index in [1.165, 1.54) is 33.4 Å². The molecule has 0 saturated carbocycles. The summed E-state index contributed by atoms with van der Waals surface area (Å²) in [5, 5.41) is 0.474. The summed E-state index contributed by atoms with van der Waals surface area (Å²) in [6.07, 6.45) is 0. The molecule has 1 heterocycles. The lowest BCUT2D eigenvalue weighted by molar-refractivity contribution is 0.587. The molecule has 0 aliphatic heterocycles. The van der Waals surface area contributed by atoms with Gasteiger partial charge in [-0.15, -0.1) is 0 Å². The summed E-state index contributed by atoms with van der Waals surface area (Å²) >= 11 is 12.3. The number of nitrogens with zero attached hydrogens (tertiary/aromatic N) is 2. The first-order valence-electron chi connectivity index (χ1n) is 8.51. The topological polar surface area (TPSA) is 26.9 Å². The molecule has 28 heavy (non-hydrogen) atoms. The maximum absolute atomic E-state index is 14.3. The van der Waals surface area contributed by atoms with E-state index in [-0.39, 0.29) is 34.3 Å². The molecule has 0 saturated heterocycles. The van der Waals surface area contributed by atoms with E-state index in [0.29, 0.717) is 11.0 Å². The lowest BCUT2D eigenvalue weighted by atomic mass is 10.2. The largest absolute Gasteiger partial charge is 0.329 e. The van der Waals surface area contributed by atoms with Crippen molar-refractivity contribution in [2.24, 2.45) is 0 Å². The molecule has 0 bridgehead atoms. The standard InChI is InChI=1S/C21H14Cl2F2N2O/c22-15-5-3-7-17(24)13(15)11-26-19-9-1-2-10-20(19)27(21(26)28)12-14-16(23)6-4-8-18(14)25/h1-10H,11-12H2. The van der Waals surface area contributed by atoms with Gasteiger partial charge in [-0.05, 0) is 36.4 Å². The van der Waals surface area contributed by atoms with Gasteiger partial charge in [-0.3, -0.25) is 9.13 Å². The normalized spacial score (nSPS) is 11.3. The molecule has 4 aromatic rings. The molecule has 0 spiro atoms. The van der Waals surface area contributed by atoms with Crippen molar-refractivity contribution in [3.8, 4) is 0 Å². The Balaban J connectivity index is 1.88. The Kier molecular flexibility index (Phi) is 4.96. The van der Waals surface area contributed by atoms with Crippen LogP contribution >= 0.6 is 23.2 Å². The molecule has 4 rings (SSSR count). The highest BCUT2D eigenvalue weighted by molar-refractivity contribution is 6.31. The van der Waals surface area contributed by atoms with Crippen molar-refractivity contribution in [2.45, 2.75) is 13.1 Å². The smallest absolute Gasteiger partial charge is 0.287 e. The summed E-state index contributed by atoms with van der Waals surface area (Å²) in [7, 11) is 0. The van der Waals surface area contributed by atoms with Crippen LogP contribution in [0.5, 0.6) is 0 Å². The van der Waals surface area contributed by atoms with Crippen molar-refractivity contribution in [3.63, 3.8) is 0 Å². The second-order valence-electron chi connectivity index (χ2n) is 6.34. The minimum Gasteiger partial charge on any atom is -0.287 e. The number of fused-ring (bicyclic) bond motifs is 1. The van der Waals surface area contributed by atoms with E-state index in [9.17, 15) is 13.6 Å². The highest BCUT2D eigenvalue weighted by Gasteiger charge is 2.18. The zero-order valence-corrected chi connectivity index (χ0v) is 16.0. The molecule has 0 fully saturated rings. The van der Waals surface area contributed by atoms with Gasteiger partial charge in [0.1, 0.15) is 11.6 Å². The van der Waals surface area contributed by atoms with Crippen molar-refractivity contribution >= 4 is 34.2 Å². The molecule has 3 nitrogen and oxygen atoms in total. The van der Waals surface area contributed by atoms with Crippen LogP contribution in [0.2, 0.25) is 10.0 Å². The summed E-state index contributed by atoms with van der Waals surface area (Å²) in [6, 6.07) is 15.8. The Labute approximate surface area is 169 Å². The van der Waals surface area contributed by atoms with Crippen LogP contribution in [0.25, 0.3) is 11.0 Å². The van der Waals surface area contributed by atoms with E-state index in [4.69, 9.17) is 23.2 Å². The molecule has 7 heteroatoms. The zero-order valence-electron chi connectivity index (χ0n) is 14.5. The molecule has 1 aromatic heterocycles. The molecule has 0 amide bonds. The van der Waals surface area contributed by atoms with Crippen molar-refractivity contribution in [2.75, 3.05) is 0 Å². The van der Waals surface area contributed by atoms with Gasteiger partial charge in [-0.25, -0.2) is 13.6 Å². The maximum Gasteiger partial charge on any atom is 0.329 e. The fourth-order valence-corrected chi connectivity index (χ4v) is 3.71. The summed E-state index contributed by atoms with van der Waals surface area (Å²) in [5.41, 5.74) is 1.23. The first-order valence-corrected chi connectivity index (χ1v) is 9.27. The minimum absolute atomic E-state index is 0.0388. The van der Waals surface area contributed by atoms with Crippen LogP contribution in [0.3, 0.4) is 0 Å². The average molecular weight is 419 g/mol. The molecule has 0 atom stereocenters. The summed E-state index contributed by atoms with van der Waals surface area (Å²) < 4.78 is 31.4. The van der Waals surface area contributed by atoms with Crippen LogP contribution in [0.15, 0.2) is 65.5 Å². The average Bonchev–Trinajstić information content (AvgIpc) is 2.93. The van der Waals surface area contributed by atoms with Gasteiger partial charge in [-0.2, -0.15) is 0 Å². The molecule has 142 valence electrons. The van der Waals surface area contributed by atoms with E-state index >= 15 is 0 Å². The lowest BCUT2D eigenvalue weighted by Gasteiger charge is -2.08. The fraction of sp³-hybridized carbons (Fsp3) is 0.0952. The van der Waals surface area contributed by atoms with Crippen molar-refractivity contribution in [3.05, 3.63) is 104 Å². The predicted octanol–water partition coefficient (Wildman–Crippen LogP) is 5.48. The Bertz CT molecular complexity index is 1110. The van der Waals surface area contributed by atoms with Crippen LogP contribution in [0.4, 0.5) is 8.78 Å². The minimum atomic E-state index is -0.492. The molecule has 0 unspecified atom stereocenters. The Morgan fingerprint density at radius 1 is 0.679 bits per heavy atom. The highest BCUT2D eigenvalue weighted by atomic mass is 35.5. The first kappa shape index (κ1) is 18.7. The number of imidazole rings is 1. The molecule has 3 aromatic carbocycles. The zero-order chi connectivity index (χ0) is 19.8. The maximum atomic E-state index is 14.3. The Morgan fingerprint density at radius 2 is 1.11 bits per heavy atom. The Morgan fingerprint density at radius 3 is 1.50 bits per heavy atom. The second-order valence-corrected chi connectivity index (χ2v) is 7.16. The van der Waals surface area contributed by atoms with Crippen LogP contribution in [0, 0.1) is 11.6 Å². The van der Waals surface area contributed by atoms with E-state index in [2.05, 4.69) is 0 Å². The van der Waals surface area contributed by atoms with Crippen LogP contribution in [-0.2, 0) is 13.1 Å². The van der Waals surface area contributed by atoms with Gasteiger partial charge in [0.25, 0.3) is 0 Å². The van der Waals surface area contributed by atoms with E-state index in [1.54, 1.807) is 36.4 Å². The van der Waals surface area contributed by atoms with Crippen LogP contribution in [-0.4, -0.2) is 9.13 Å². The Hall–Kier alpha value is -2.63. The first-order chi connectivity index (χ1) is 13.5. The number of rotatable bonds is 4. The fourth-order valence-electron chi connectivity index (χ4n) is 3.26. The monoisotopic (exact) mass is 418 g/mol. The van der Waals surface area contributed by atoms with E-state index in [0.717, 1.165) is 0 Å². The van der Waals surface area contributed by atoms with Gasteiger partial charge in [0.15, 0.2) is 0 Å². The van der Waals surface area contributed by atoms with E-state index < -0.39 is 17.3 Å². The lowest BCUT2D eigenvalue weighted by Crippen LogP contribution is -2.26. The number of benzene rings is 3. The molecule has 0 N–H and O–H groups in total. The number of halogens is 4. The van der Waals surface area contributed by atoms with Gasteiger partial charge in [-0.1, -0.05) is 47.5 Å². The van der Waals surface area contributed by atoms with Crippen LogP contribution in [0.1, 0.15) is 11.1 Å². The van der Waals surface area contributed by atoms with Gasteiger partial charge in [0.2, 0.25) is 0 Å². The third kappa shape index (κ3) is 3.21. The number of hydrogen-bond donors (Lipinski definition) is 0. The number of aromatic nitrogens is 2. The third-order valence-electron chi connectivity index (χ3n) is 4.68. The number of para-hydroxylation sites is 2. The van der Waals surface area contributed by atoms with E-state index in [1.807, 2.05) is 0 Å². The van der Waals surface area contributed by atoms with Crippen molar-refractivity contribution < 1.29 is 8.78 Å². The quantitative estimate of drug-likeness (QED) is 0.430. The molecule has 0 aliphatic rings. The van der Waals surface area contributed by atoms with Crippen LogP contribution < -0.4 is 5.69 Å². The molecule has 0 aliphatic carbocycles. The predicted molar refractivity (Wildman–Crippen MR) is 107 cm³/mol. The summed E-state index contributed by atoms with van der Waals surface area (Å²) in [4.78, 5) is 13.1. The molecular formula is C21H14Cl2F2N2O. The highest BCUT2D eigenvalue weighted by Crippen LogP contribution is 2.24. The molecular weight excluding hydrogens is 405 g/mol. The second kappa shape index (κ2) is 7.41. The van der Waals surface area contributed by atoms with Gasteiger partial charge < -0.3 is 0 Å². The molecule has 0 radical (unpaired) electrons. The van der Waals surface area contributed by atoms with Crippen molar-refractivity contribution in [1.29, 1.82) is 0 Å². The van der Waals surface area contributed by atoms with Crippen molar-refractivity contribution in [1.82, 2.24) is 9.13 Å². The van der Waals surface area contributed by atoms with Gasteiger partial charge in [0, 0.05) is 21.2 Å². The third-order valence-corrected chi connectivity index (χ3v) is 5.39.